The number of methoxy groups -OCH3 is 1. The molecule has 2 aromatic rings. The molecular weight excluding hydrogens is 280 g/mol. The second kappa shape index (κ2) is 6.60. The van der Waals surface area contributed by atoms with Gasteiger partial charge in [-0.25, -0.2) is 9.97 Å². The molecule has 0 saturated carbocycles. The normalized spacial score (nSPS) is 13.0. The number of rotatable bonds is 6. The van der Waals surface area contributed by atoms with E-state index in [1.165, 1.54) is 5.56 Å². The molecule has 0 radical (unpaired) electrons. The summed E-state index contributed by atoms with van der Waals surface area (Å²) in [5.41, 5.74) is 2.77. The van der Waals surface area contributed by atoms with Crippen LogP contribution in [0.25, 0.3) is 0 Å². The third-order valence-corrected chi connectivity index (χ3v) is 3.89. The highest BCUT2D eigenvalue weighted by Gasteiger charge is 2.20. The maximum atomic E-state index is 12.3. The molecule has 1 N–H and O–H groups in total. The van der Waals surface area contributed by atoms with Gasteiger partial charge in [-0.15, -0.1) is 0 Å². The van der Waals surface area contributed by atoms with E-state index in [4.69, 9.17) is 4.74 Å². The lowest BCUT2D eigenvalue weighted by Crippen LogP contribution is -2.26. The molecule has 0 unspecified atom stereocenters. The molecule has 6 heteroatoms. The molecule has 0 aromatic carbocycles. The molecular formula is C16H20N4O2. The minimum atomic E-state index is -0.121. The first-order valence-corrected chi connectivity index (χ1v) is 7.58. The summed E-state index contributed by atoms with van der Waals surface area (Å²) in [6.45, 7) is 1.44. The highest BCUT2D eigenvalue weighted by atomic mass is 16.5. The van der Waals surface area contributed by atoms with E-state index in [1.54, 1.807) is 19.6 Å². The Bertz CT molecular complexity index is 652. The summed E-state index contributed by atoms with van der Waals surface area (Å²) >= 11 is 0. The molecule has 6 nitrogen and oxygen atoms in total. The van der Waals surface area contributed by atoms with Crippen molar-refractivity contribution < 1.29 is 9.53 Å². The Labute approximate surface area is 129 Å². The molecule has 0 atom stereocenters. The SMILES string of the molecule is COc1nc2c(cc1C(=O)NCCCn1ccnc1)CCC2. The number of amides is 1. The standard InChI is InChI=1S/C16H20N4O2/c1-22-16-13(10-12-4-2-5-14(12)19-16)15(21)18-6-3-8-20-9-7-17-11-20/h7,9-11H,2-6,8H2,1H3,(H,18,21). The van der Waals surface area contributed by atoms with Gasteiger partial charge in [0.15, 0.2) is 0 Å². The number of carbonyl (C=O) groups excluding carboxylic acids is 1. The first kappa shape index (κ1) is 14.6. The van der Waals surface area contributed by atoms with Gasteiger partial charge >= 0.3 is 0 Å². The van der Waals surface area contributed by atoms with Gasteiger partial charge in [-0.2, -0.15) is 0 Å². The molecule has 0 saturated heterocycles. The van der Waals surface area contributed by atoms with Gasteiger partial charge < -0.3 is 14.6 Å². The first-order chi connectivity index (χ1) is 10.8. The van der Waals surface area contributed by atoms with Crippen LogP contribution in [0.3, 0.4) is 0 Å². The van der Waals surface area contributed by atoms with Gasteiger partial charge in [0.1, 0.15) is 5.56 Å². The second-order valence-electron chi connectivity index (χ2n) is 5.41. The zero-order valence-electron chi connectivity index (χ0n) is 12.7. The molecule has 2 heterocycles. The zero-order valence-corrected chi connectivity index (χ0v) is 12.7. The molecule has 1 aliphatic rings. The molecule has 0 aliphatic heterocycles. The summed E-state index contributed by atoms with van der Waals surface area (Å²) < 4.78 is 7.26. The predicted octanol–water partition coefficient (Wildman–Crippen LogP) is 1.60. The Morgan fingerprint density at radius 1 is 1.45 bits per heavy atom. The Hall–Kier alpha value is -2.37. The monoisotopic (exact) mass is 300 g/mol. The van der Waals surface area contributed by atoms with Crippen LogP contribution in [0.4, 0.5) is 0 Å². The summed E-state index contributed by atoms with van der Waals surface area (Å²) in [6, 6.07) is 1.93. The Morgan fingerprint density at radius 2 is 2.36 bits per heavy atom. The average Bonchev–Trinajstić information content (AvgIpc) is 3.20. The lowest BCUT2D eigenvalue weighted by molar-refractivity contribution is 0.0949. The number of hydrogen-bond donors (Lipinski definition) is 1. The third kappa shape index (κ3) is 3.10. The molecule has 3 rings (SSSR count). The topological polar surface area (TPSA) is 69.0 Å². The lowest BCUT2D eigenvalue weighted by atomic mass is 10.1. The highest BCUT2D eigenvalue weighted by molar-refractivity contribution is 5.96. The van der Waals surface area contributed by atoms with Gasteiger partial charge in [-0.05, 0) is 37.3 Å². The van der Waals surface area contributed by atoms with E-state index in [0.717, 1.165) is 37.9 Å². The zero-order chi connectivity index (χ0) is 15.4. The molecule has 22 heavy (non-hydrogen) atoms. The van der Waals surface area contributed by atoms with E-state index in [-0.39, 0.29) is 5.91 Å². The number of nitrogens with one attached hydrogen (secondary N) is 1. The number of fused-ring (bicyclic) bond motifs is 1. The number of nitrogens with zero attached hydrogens (tertiary/aromatic N) is 3. The summed E-state index contributed by atoms with van der Waals surface area (Å²) in [7, 11) is 1.56. The quantitative estimate of drug-likeness (QED) is 0.823. The van der Waals surface area contributed by atoms with Crippen LogP contribution in [0.5, 0.6) is 5.88 Å². The van der Waals surface area contributed by atoms with Gasteiger partial charge in [0.25, 0.3) is 5.91 Å². The third-order valence-electron chi connectivity index (χ3n) is 3.89. The van der Waals surface area contributed by atoms with Crippen molar-refractivity contribution in [3.8, 4) is 5.88 Å². The summed E-state index contributed by atoms with van der Waals surface area (Å²) in [6.07, 6.45) is 9.35. The van der Waals surface area contributed by atoms with E-state index in [1.807, 2.05) is 16.8 Å². The largest absolute Gasteiger partial charge is 0.480 e. The predicted molar refractivity (Wildman–Crippen MR) is 82.0 cm³/mol. The Kier molecular flexibility index (Phi) is 4.37. The maximum Gasteiger partial charge on any atom is 0.256 e. The fourth-order valence-corrected chi connectivity index (χ4v) is 2.75. The molecule has 1 amide bonds. The summed E-state index contributed by atoms with van der Waals surface area (Å²) in [5, 5.41) is 2.93. The Balaban J connectivity index is 1.59. The average molecular weight is 300 g/mol. The molecule has 1 aliphatic carbocycles. The Morgan fingerprint density at radius 3 is 3.14 bits per heavy atom. The van der Waals surface area contributed by atoms with Crippen LogP contribution in [-0.4, -0.2) is 34.1 Å². The fraction of sp³-hybridized carbons (Fsp3) is 0.438. The molecule has 0 spiro atoms. The van der Waals surface area contributed by atoms with Crippen molar-refractivity contribution in [2.24, 2.45) is 0 Å². The number of pyridine rings is 1. The fourth-order valence-electron chi connectivity index (χ4n) is 2.75. The molecule has 0 fully saturated rings. The van der Waals surface area contributed by atoms with E-state index in [0.29, 0.717) is 18.0 Å². The van der Waals surface area contributed by atoms with E-state index < -0.39 is 0 Å². The number of aromatic nitrogens is 3. The lowest BCUT2D eigenvalue weighted by Gasteiger charge is -2.11. The van der Waals surface area contributed by atoms with Crippen LogP contribution >= 0.6 is 0 Å². The van der Waals surface area contributed by atoms with E-state index in [2.05, 4.69) is 15.3 Å². The van der Waals surface area contributed by atoms with Crippen LogP contribution in [-0.2, 0) is 19.4 Å². The van der Waals surface area contributed by atoms with E-state index in [9.17, 15) is 4.79 Å². The van der Waals surface area contributed by atoms with Crippen LogP contribution in [0.1, 0.15) is 34.5 Å². The van der Waals surface area contributed by atoms with Gasteiger partial charge in [0.2, 0.25) is 5.88 Å². The molecule has 2 aromatic heterocycles. The van der Waals surface area contributed by atoms with Crippen molar-refractivity contribution in [2.45, 2.75) is 32.2 Å². The number of carbonyl (C=O) groups is 1. The highest BCUT2D eigenvalue weighted by Crippen LogP contribution is 2.26. The minimum absolute atomic E-state index is 0.121. The van der Waals surface area contributed by atoms with Crippen molar-refractivity contribution in [1.29, 1.82) is 0 Å². The van der Waals surface area contributed by atoms with Gasteiger partial charge in [0.05, 0.1) is 13.4 Å². The number of aryl methyl sites for hydroxylation is 3. The van der Waals surface area contributed by atoms with Crippen LogP contribution in [0.2, 0.25) is 0 Å². The van der Waals surface area contributed by atoms with Gasteiger partial charge in [-0.3, -0.25) is 4.79 Å². The van der Waals surface area contributed by atoms with Crippen LogP contribution < -0.4 is 10.1 Å². The molecule has 116 valence electrons. The van der Waals surface area contributed by atoms with E-state index >= 15 is 0 Å². The summed E-state index contributed by atoms with van der Waals surface area (Å²) in [5.74, 6) is 0.303. The van der Waals surface area contributed by atoms with Crippen molar-refractivity contribution in [2.75, 3.05) is 13.7 Å². The van der Waals surface area contributed by atoms with Crippen molar-refractivity contribution >= 4 is 5.91 Å². The molecule has 0 bridgehead atoms. The van der Waals surface area contributed by atoms with Gasteiger partial charge in [-0.1, -0.05) is 0 Å². The van der Waals surface area contributed by atoms with Crippen molar-refractivity contribution in [3.63, 3.8) is 0 Å². The first-order valence-electron chi connectivity index (χ1n) is 7.58. The van der Waals surface area contributed by atoms with Crippen molar-refractivity contribution in [3.05, 3.63) is 41.6 Å². The van der Waals surface area contributed by atoms with Crippen molar-refractivity contribution in [1.82, 2.24) is 19.9 Å². The van der Waals surface area contributed by atoms with Gasteiger partial charge in [0, 0.05) is 31.2 Å². The second-order valence-corrected chi connectivity index (χ2v) is 5.41. The number of ether oxygens (including phenoxy) is 1. The van der Waals surface area contributed by atoms with Crippen LogP contribution in [0.15, 0.2) is 24.8 Å². The minimum Gasteiger partial charge on any atom is -0.480 e. The maximum absolute atomic E-state index is 12.3. The summed E-state index contributed by atoms with van der Waals surface area (Å²) in [4.78, 5) is 20.8. The smallest absolute Gasteiger partial charge is 0.256 e. The van der Waals surface area contributed by atoms with Crippen LogP contribution in [0, 0.1) is 0 Å². The number of imidazole rings is 1. The number of hydrogen-bond acceptors (Lipinski definition) is 4.